The molecule has 112 valence electrons. The first-order valence-electron chi connectivity index (χ1n) is 6.91. The van der Waals surface area contributed by atoms with Crippen LogP contribution in [0.25, 0.3) is 0 Å². The summed E-state index contributed by atoms with van der Waals surface area (Å²) in [4.78, 5) is 0. The molecule has 2 aromatic carbocycles. The van der Waals surface area contributed by atoms with Gasteiger partial charge in [-0.1, -0.05) is 54.4 Å². The fourth-order valence-corrected chi connectivity index (χ4v) is 2.65. The van der Waals surface area contributed by atoms with Crippen LogP contribution in [0, 0.1) is 0 Å². The molecule has 2 rings (SSSR count). The molecule has 0 fully saturated rings. The second-order valence-corrected chi connectivity index (χ2v) is 5.97. The maximum Gasteiger partial charge on any atom is 0.122 e. The van der Waals surface area contributed by atoms with Crippen molar-refractivity contribution < 1.29 is 4.74 Å². The molecule has 4 heteroatoms. The van der Waals surface area contributed by atoms with Gasteiger partial charge in [-0.3, -0.25) is 0 Å². The molecule has 1 N–H and O–H groups in total. The Balaban J connectivity index is 1.97. The highest BCUT2D eigenvalue weighted by Crippen LogP contribution is 2.25. The van der Waals surface area contributed by atoms with Gasteiger partial charge in [0.25, 0.3) is 0 Å². The Morgan fingerprint density at radius 1 is 1.05 bits per heavy atom. The lowest BCUT2D eigenvalue weighted by Crippen LogP contribution is -2.14. The molecule has 1 unspecified atom stereocenters. The zero-order valence-electron chi connectivity index (χ0n) is 12.2. The van der Waals surface area contributed by atoms with Crippen LogP contribution in [-0.4, -0.2) is 13.6 Å². The molecule has 21 heavy (non-hydrogen) atoms. The maximum atomic E-state index is 5.95. The first kappa shape index (κ1) is 16.2. The van der Waals surface area contributed by atoms with Gasteiger partial charge < -0.3 is 10.1 Å². The van der Waals surface area contributed by atoms with Crippen LogP contribution < -0.4 is 10.1 Å². The van der Waals surface area contributed by atoms with E-state index in [0.717, 1.165) is 12.1 Å². The quantitative estimate of drug-likeness (QED) is 0.816. The number of benzene rings is 2. The Labute approximate surface area is 136 Å². The molecule has 0 bridgehead atoms. The zero-order chi connectivity index (χ0) is 15.2. The number of rotatable bonds is 6. The van der Waals surface area contributed by atoms with E-state index in [2.05, 4.69) is 36.5 Å². The normalized spacial score (nSPS) is 12.2. The van der Waals surface area contributed by atoms with Crippen LogP contribution in [0.15, 0.2) is 42.5 Å². The lowest BCUT2D eigenvalue weighted by molar-refractivity contribution is 0.306. The average molecular weight is 324 g/mol. The van der Waals surface area contributed by atoms with Gasteiger partial charge in [-0.05, 0) is 42.3 Å². The summed E-state index contributed by atoms with van der Waals surface area (Å²) >= 11 is 11.9. The number of likely N-dealkylation sites (N-methyl/N-ethyl adjacent to an activating group) is 1. The van der Waals surface area contributed by atoms with E-state index < -0.39 is 0 Å². The van der Waals surface area contributed by atoms with Gasteiger partial charge in [0.05, 0.1) is 0 Å². The van der Waals surface area contributed by atoms with Crippen LogP contribution >= 0.6 is 23.2 Å². The number of nitrogens with one attached hydrogen (secondary N) is 1. The summed E-state index contributed by atoms with van der Waals surface area (Å²) in [6, 6.07) is 13.7. The van der Waals surface area contributed by atoms with E-state index >= 15 is 0 Å². The minimum Gasteiger partial charge on any atom is -0.489 e. The largest absolute Gasteiger partial charge is 0.489 e. The van der Waals surface area contributed by atoms with Gasteiger partial charge in [0.2, 0.25) is 0 Å². The topological polar surface area (TPSA) is 21.3 Å². The highest BCUT2D eigenvalue weighted by molar-refractivity contribution is 6.34. The van der Waals surface area contributed by atoms with Crippen LogP contribution in [0.4, 0.5) is 0 Å². The third-order valence-corrected chi connectivity index (χ3v) is 3.74. The first-order chi connectivity index (χ1) is 10.1. The van der Waals surface area contributed by atoms with Crippen LogP contribution in [0.2, 0.25) is 10.0 Å². The number of hydrogen-bond donors (Lipinski definition) is 1. The Kier molecular flexibility index (Phi) is 5.92. The minimum absolute atomic E-state index is 0.497. The van der Waals surface area contributed by atoms with E-state index in [9.17, 15) is 0 Å². The average Bonchev–Trinajstić information content (AvgIpc) is 2.45. The third kappa shape index (κ3) is 4.92. The second kappa shape index (κ2) is 7.69. The highest BCUT2D eigenvalue weighted by atomic mass is 35.5. The van der Waals surface area contributed by atoms with Gasteiger partial charge in [-0.25, -0.2) is 0 Å². The standard InChI is InChI=1S/C17H19Cl2NO/c1-12(10-20-2)14-5-3-13(4-6-14)11-21-17-8-15(18)7-16(19)9-17/h3-9,12,20H,10-11H2,1-2H3. The molecule has 0 saturated heterocycles. The summed E-state index contributed by atoms with van der Waals surface area (Å²) in [6.45, 7) is 3.67. The lowest BCUT2D eigenvalue weighted by atomic mass is 10.00. The van der Waals surface area contributed by atoms with Gasteiger partial charge >= 0.3 is 0 Å². The first-order valence-corrected chi connectivity index (χ1v) is 7.66. The predicted octanol–water partition coefficient (Wildman–Crippen LogP) is 4.90. The van der Waals surface area contributed by atoms with Crippen molar-refractivity contribution in [1.29, 1.82) is 0 Å². The molecule has 2 nitrogen and oxygen atoms in total. The maximum absolute atomic E-state index is 5.95. The molecule has 0 spiro atoms. The fraction of sp³-hybridized carbons (Fsp3) is 0.294. The molecule has 0 radical (unpaired) electrons. The Morgan fingerprint density at radius 2 is 1.67 bits per heavy atom. The highest BCUT2D eigenvalue weighted by Gasteiger charge is 2.05. The minimum atomic E-state index is 0.497. The predicted molar refractivity (Wildman–Crippen MR) is 89.6 cm³/mol. The van der Waals surface area contributed by atoms with Crippen LogP contribution in [-0.2, 0) is 6.61 Å². The van der Waals surface area contributed by atoms with Crippen molar-refractivity contribution in [1.82, 2.24) is 5.32 Å². The van der Waals surface area contributed by atoms with E-state index in [-0.39, 0.29) is 0 Å². The van der Waals surface area contributed by atoms with E-state index in [0.29, 0.717) is 28.3 Å². The van der Waals surface area contributed by atoms with Gasteiger partial charge in [-0.15, -0.1) is 0 Å². The van der Waals surface area contributed by atoms with Crippen LogP contribution in [0.3, 0.4) is 0 Å². The Morgan fingerprint density at radius 3 is 2.24 bits per heavy atom. The second-order valence-electron chi connectivity index (χ2n) is 5.09. The van der Waals surface area contributed by atoms with Crippen molar-refractivity contribution >= 4 is 23.2 Å². The molecule has 0 aliphatic heterocycles. The van der Waals surface area contributed by atoms with Crippen molar-refractivity contribution in [2.24, 2.45) is 0 Å². The summed E-state index contributed by atoms with van der Waals surface area (Å²) in [5.74, 6) is 1.18. The van der Waals surface area contributed by atoms with Gasteiger partial charge in [-0.2, -0.15) is 0 Å². The van der Waals surface area contributed by atoms with Crippen molar-refractivity contribution in [3.05, 3.63) is 63.6 Å². The summed E-state index contributed by atoms with van der Waals surface area (Å²) in [5.41, 5.74) is 2.44. The van der Waals surface area contributed by atoms with Crippen molar-refractivity contribution in [3.63, 3.8) is 0 Å². The third-order valence-electron chi connectivity index (χ3n) is 3.30. The molecule has 0 aliphatic carbocycles. The zero-order valence-corrected chi connectivity index (χ0v) is 13.7. The Bertz CT molecular complexity index is 564. The summed E-state index contributed by atoms with van der Waals surface area (Å²) in [7, 11) is 1.97. The van der Waals surface area contributed by atoms with E-state index in [1.807, 2.05) is 7.05 Å². The fourth-order valence-electron chi connectivity index (χ4n) is 2.14. The van der Waals surface area contributed by atoms with Crippen molar-refractivity contribution in [2.45, 2.75) is 19.4 Å². The van der Waals surface area contributed by atoms with Gasteiger partial charge in [0, 0.05) is 16.6 Å². The summed E-state index contributed by atoms with van der Waals surface area (Å²) in [6.07, 6.45) is 0. The Hall–Kier alpha value is -1.22. The SMILES string of the molecule is CNCC(C)c1ccc(COc2cc(Cl)cc(Cl)c2)cc1. The molecule has 0 aliphatic rings. The van der Waals surface area contributed by atoms with E-state index in [4.69, 9.17) is 27.9 Å². The van der Waals surface area contributed by atoms with Gasteiger partial charge in [0.15, 0.2) is 0 Å². The number of halogens is 2. The summed E-state index contributed by atoms with van der Waals surface area (Å²) < 4.78 is 5.72. The van der Waals surface area contributed by atoms with E-state index in [1.165, 1.54) is 5.56 Å². The smallest absolute Gasteiger partial charge is 0.122 e. The van der Waals surface area contributed by atoms with Crippen molar-refractivity contribution in [3.8, 4) is 5.75 Å². The van der Waals surface area contributed by atoms with Gasteiger partial charge in [0.1, 0.15) is 12.4 Å². The van der Waals surface area contributed by atoms with Crippen LogP contribution in [0.1, 0.15) is 24.0 Å². The molecule has 0 heterocycles. The molecule has 1 atom stereocenters. The lowest BCUT2D eigenvalue weighted by Gasteiger charge is -2.12. The molecule has 0 amide bonds. The molecular formula is C17H19Cl2NO. The molecule has 2 aromatic rings. The molecule has 0 aromatic heterocycles. The van der Waals surface area contributed by atoms with Crippen molar-refractivity contribution in [2.75, 3.05) is 13.6 Å². The molecular weight excluding hydrogens is 305 g/mol. The molecule has 0 saturated carbocycles. The number of hydrogen-bond acceptors (Lipinski definition) is 2. The van der Waals surface area contributed by atoms with Crippen LogP contribution in [0.5, 0.6) is 5.75 Å². The monoisotopic (exact) mass is 323 g/mol. The van der Waals surface area contributed by atoms with E-state index in [1.54, 1.807) is 18.2 Å². The summed E-state index contributed by atoms with van der Waals surface area (Å²) in [5, 5.41) is 4.34. The number of ether oxygens (including phenoxy) is 1.